The van der Waals surface area contributed by atoms with Crippen LogP contribution >= 0.6 is 11.6 Å². The van der Waals surface area contributed by atoms with Crippen molar-refractivity contribution in [1.82, 2.24) is 9.72 Å². The number of nitrogens with one attached hydrogen (secondary N) is 1. The van der Waals surface area contributed by atoms with Crippen LogP contribution in [0.3, 0.4) is 0 Å². The topological polar surface area (TPSA) is 97.1 Å². The van der Waals surface area contributed by atoms with Crippen LogP contribution in [0.5, 0.6) is 0 Å². The number of rotatable bonds is 7. The van der Waals surface area contributed by atoms with Crippen LogP contribution in [0.25, 0.3) is 5.52 Å². The molecule has 7 nitrogen and oxygen atoms in total. The van der Waals surface area contributed by atoms with Gasteiger partial charge in [0.05, 0.1) is 10.5 Å². The Hall–Kier alpha value is -3.23. The normalized spacial score (nSPS) is 12.0. The van der Waals surface area contributed by atoms with Crippen LogP contribution < -0.4 is 10.9 Å². The number of amides is 1. The van der Waals surface area contributed by atoms with Gasteiger partial charge in [0.1, 0.15) is 17.5 Å². The molecule has 0 bridgehead atoms. The first-order valence-corrected chi connectivity index (χ1v) is 9.74. The minimum absolute atomic E-state index is 0.00113. The zero-order valence-electron chi connectivity index (χ0n) is 16.8. The predicted octanol–water partition coefficient (Wildman–Crippen LogP) is 3.03. The van der Waals surface area contributed by atoms with E-state index >= 15 is 0 Å². The number of aromatic nitrogens is 1. The molecule has 31 heavy (non-hydrogen) atoms. The Morgan fingerprint density at radius 3 is 2.68 bits per heavy atom. The molecule has 0 aliphatic carbocycles. The molecule has 2 aromatic heterocycles. The van der Waals surface area contributed by atoms with Crippen molar-refractivity contribution in [3.63, 3.8) is 0 Å². The number of ether oxygens (including phenoxy) is 1. The van der Waals surface area contributed by atoms with Crippen molar-refractivity contribution in [2.45, 2.75) is 26.0 Å². The molecule has 0 spiro atoms. The van der Waals surface area contributed by atoms with Gasteiger partial charge in [0.25, 0.3) is 5.56 Å². The third-order valence-corrected chi connectivity index (χ3v) is 5.23. The van der Waals surface area contributed by atoms with Crippen LogP contribution in [-0.2, 0) is 22.5 Å². The molecule has 3 rings (SSSR count). The Kier molecular flexibility index (Phi) is 6.72. The summed E-state index contributed by atoms with van der Waals surface area (Å²) in [5, 5.41) is 12.1. The summed E-state index contributed by atoms with van der Waals surface area (Å²) < 4.78 is 20.4. The number of hydrogen-bond acceptors (Lipinski definition) is 4. The highest BCUT2D eigenvalue weighted by Gasteiger charge is 2.17. The molecule has 3 aromatic rings. The van der Waals surface area contributed by atoms with Crippen molar-refractivity contribution >= 4 is 29.0 Å². The van der Waals surface area contributed by atoms with Gasteiger partial charge in [-0.3, -0.25) is 14.0 Å². The lowest BCUT2D eigenvalue weighted by Crippen LogP contribution is -2.34. The van der Waals surface area contributed by atoms with Gasteiger partial charge in [-0.05, 0) is 41.8 Å². The van der Waals surface area contributed by atoms with Crippen LogP contribution in [0.15, 0.2) is 47.4 Å². The van der Waals surface area contributed by atoms with E-state index in [1.165, 1.54) is 29.8 Å². The minimum atomic E-state index is -1.39. The average Bonchev–Trinajstić information content (AvgIpc) is 2.75. The van der Waals surface area contributed by atoms with Crippen molar-refractivity contribution in [2.24, 2.45) is 0 Å². The van der Waals surface area contributed by atoms with E-state index < -0.39 is 29.0 Å². The Bertz CT molecular complexity index is 1220. The van der Waals surface area contributed by atoms with Crippen molar-refractivity contribution in [3.8, 4) is 0 Å². The number of nitrogens with zero attached hydrogens (tertiary/aromatic N) is 1. The number of fused-ring (bicyclic) bond motifs is 1. The lowest BCUT2D eigenvalue weighted by Gasteiger charge is -2.14. The van der Waals surface area contributed by atoms with Crippen molar-refractivity contribution < 1.29 is 23.8 Å². The summed E-state index contributed by atoms with van der Waals surface area (Å²) in [5.41, 5.74) is 0.630. The highest BCUT2D eigenvalue weighted by molar-refractivity contribution is 6.30. The van der Waals surface area contributed by atoms with E-state index in [1.54, 1.807) is 31.2 Å². The van der Waals surface area contributed by atoms with Gasteiger partial charge >= 0.3 is 5.97 Å². The fourth-order valence-electron chi connectivity index (χ4n) is 3.15. The molecule has 1 unspecified atom stereocenters. The maximum absolute atomic E-state index is 14.3. The molecule has 1 aromatic carbocycles. The van der Waals surface area contributed by atoms with Gasteiger partial charge in [-0.25, -0.2) is 9.18 Å². The summed E-state index contributed by atoms with van der Waals surface area (Å²) in [5.74, 6) is -2.31. The zero-order valence-corrected chi connectivity index (χ0v) is 17.6. The first-order chi connectivity index (χ1) is 14.7. The number of benzene rings is 1. The number of carboxylic acids is 1. The van der Waals surface area contributed by atoms with Gasteiger partial charge in [0, 0.05) is 26.3 Å². The summed E-state index contributed by atoms with van der Waals surface area (Å²) in [6, 6.07) is 9.23. The number of carbonyl (C=O) groups is 2. The number of aromatic carboxylic acids is 1. The number of methoxy groups -OCH3 is 1. The summed E-state index contributed by atoms with van der Waals surface area (Å²) in [4.78, 5) is 36.3. The number of pyridine rings is 2. The molecule has 9 heteroatoms. The summed E-state index contributed by atoms with van der Waals surface area (Å²) in [6.45, 7) is 1.58. The first kappa shape index (κ1) is 22.5. The molecular formula is C22H20ClFN2O5. The maximum atomic E-state index is 14.3. The Morgan fingerprint density at radius 1 is 1.26 bits per heavy atom. The third-order valence-electron chi connectivity index (χ3n) is 4.94. The lowest BCUT2D eigenvalue weighted by molar-refractivity contribution is -0.130. The van der Waals surface area contributed by atoms with Crippen molar-refractivity contribution in [2.75, 3.05) is 7.11 Å². The maximum Gasteiger partial charge on any atom is 0.341 e. The molecule has 2 N–H and O–H groups in total. The highest BCUT2D eigenvalue weighted by Crippen LogP contribution is 2.21. The van der Waals surface area contributed by atoms with Gasteiger partial charge in [0.15, 0.2) is 0 Å². The second kappa shape index (κ2) is 9.28. The fraction of sp³-hybridized carbons (Fsp3) is 0.227. The third kappa shape index (κ3) is 4.76. The summed E-state index contributed by atoms with van der Waals surface area (Å²) in [6.07, 6.45) is 0.938. The Balaban J connectivity index is 2.05. The quantitative estimate of drug-likeness (QED) is 0.581. The summed E-state index contributed by atoms with van der Waals surface area (Å²) in [7, 11) is 1.40. The van der Waals surface area contributed by atoms with Gasteiger partial charge < -0.3 is 15.2 Å². The number of carboxylic acid groups (broad SMARTS) is 1. The standard InChI is InChI=1S/C22H20ClFN2O5/c1-12(31-2)20(27)25-10-15-9-16(22(29)30)21(28)26-11-13(6-7-18(15)26)8-14-4-3-5-17(23)19(14)24/h3-7,9,11-12H,8,10H2,1-2H3,(H,25,27)(H,29,30). The zero-order chi connectivity index (χ0) is 22.7. The van der Waals surface area contributed by atoms with Gasteiger partial charge in [-0.1, -0.05) is 29.8 Å². The van der Waals surface area contributed by atoms with Gasteiger partial charge in [-0.2, -0.15) is 0 Å². The van der Waals surface area contributed by atoms with E-state index in [0.717, 1.165) is 0 Å². The molecule has 1 atom stereocenters. The number of halogens is 2. The molecule has 0 fully saturated rings. The van der Waals surface area contributed by atoms with Crippen molar-refractivity contribution in [1.29, 1.82) is 0 Å². The van der Waals surface area contributed by atoms with Gasteiger partial charge in [0.2, 0.25) is 5.91 Å². The van der Waals surface area contributed by atoms with E-state index in [4.69, 9.17) is 16.3 Å². The van der Waals surface area contributed by atoms with Crippen LogP contribution in [-0.4, -0.2) is 34.6 Å². The smallest absolute Gasteiger partial charge is 0.341 e. The van der Waals surface area contributed by atoms with Gasteiger partial charge in [-0.15, -0.1) is 0 Å². The second-order valence-electron chi connectivity index (χ2n) is 6.97. The monoisotopic (exact) mass is 446 g/mol. The summed E-state index contributed by atoms with van der Waals surface area (Å²) >= 11 is 5.83. The van der Waals surface area contributed by atoms with Crippen LogP contribution in [0, 0.1) is 5.82 Å². The second-order valence-corrected chi connectivity index (χ2v) is 7.38. The molecular weight excluding hydrogens is 427 g/mol. The van der Waals surface area contributed by atoms with E-state index in [9.17, 15) is 23.9 Å². The van der Waals surface area contributed by atoms with E-state index in [1.807, 2.05) is 0 Å². The number of hydrogen-bond donors (Lipinski definition) is 2. The van der Waals surface area contributed by atoms with E-state index in [2.05, 4.69) is 5.32 Å². The highest BCUT2D eigenvalue weighted by atomic mass is 35.5. The molecule has 0 aliphatic rings. The first-order valence-electron chi connectivity index (χ1n) is 9.36. The van der Waals surface area contributed by atoms with Crippen LogP contribution in [0.4, 0.5) is 4.39 Å². The predicted molar refractivity (Wildman–Crippen MR) is 113 cm³/mol. The SMILES string of the molecule is COC(C)C(=O)NCc1cc(C(=O)O)c(=O)n2cc(Cc3cccc(Cl)c3F)ccc12. The largest absolute Gasteiger partial charge is 0.477 e. The minimum Gasteiger partial charge on any atom is -0.477 e. The van der Waals surface area contributed by atoms with Crippen LogP contribution in [0.1, 0.15) is 34.0 Å². The lowest BCUT2D eigenvalue weighted by atomic mass is 10.0. The Labute approximate surface area is 182 Å². The van der Waals surface area contributed by atoms with E-state index in [0.29, 0.717) is 22.2 Å². The molecule has 0 saturated carbocycles. The molecule has 2 heterocycles. The molecule has 0 saturated heterocycles. The molecule has 0 aliphatic heterocycles. The fourth-order valence-corrected chi connectivity index (χ4v) is 3.35. The van der Waals surface area contributed by atoms with Crippen LogP contribution in [0.2, 0.25) is 5.02 Å². The van der Waals surface area contributed by atoms with E-state index in [-0.39, 0.29) is 23.9 Å². The average molecular weight is 447 g/mol. The molecule has 0 radical (unpaired) electrons. The Morgan fingerprint density at radius 2 is 2.00 bits per heavy atom. The molecule has 1 amide bonds. The van der Waals surface area contributed by atoms with Crippen molar-refractivity contribution in [3.05, 3.63) is 86.0 Å². The molecule has 162 valence electrons. The number of carbonyl (C=O) groups excluding carboxylic acids is 1.